The minimum Gasteiger partial charge on any atom is -0.377 e. The Morgan fingerprint density at radius 1 is 1.21 bits per heavy atom. The Morgan fingerprint density at radius 2 is 1.84 bits per heavy atom. The third-order valence-electron chi connectivity index (χ3n) is 2.76. The Balaban J connectivity index is 2.92. The highest BCUT2D eigenvalue weighted by Crippen LogP contribution is 2.33. The van der Waals surface area contributed by atoms with Crippen molar-refractivity contribution in [1.82, 2.24) is 5.32 Å². The van der Waals surface area contributed by atoms with Gasteiger partial charge >= 0.3 is 6.18 Å². The van der Waals surface area contributed by atoms with Crippen molar-refractivity contribution >= 4 is 5.69 Å². The van der Waals surface area contributed by atoms with Gasteiger partial charge in [0.1, 0.15) is 0 Å². The molecule has 2 nitrogen and oxygen atoms in total. The summed E-state index contributed by atoms with van der Waals surface area (Å²) in [5.41, 5.74) is 0.869. The van der Waals surface area contributed by atoms with Crippen LogP contribution >= 0.6 is 0 Å². The van der Waals surface area contributed by atoms with Crippen LogP contribution in [-0.4, -0.2) is 20.6 Å². The number of hydrogen-bond acceptors (Lipinski definition) is 2. The van der Waals surface area contributed by atoms with E-state index < -0.39 is 11.7 Å². The topological polar surface area (TPSA) is 15.3 Å². The lowest BCUT2D eigenvalue weighted by molar-refractivity contribution is -0.137. The Labute approximate surface area is 112 Å². The third kappa shape index (κ3) is 4.74. The van der Waals surface area contributed by atoms with E-state index in [1.165, 1.54) is 6.07 Å². The van der Waals surface area contributed by atoms with E-state index in [0.717, 1.165) is 18.2 Å². The van der Waals surface area contributed by atoms with Crippen LogP contribution in [0.25, 0.3) is 0 Å². The molecule has 1 aromatic carbocycles. The van der Waals surface area contributed by atoms with Gasteiger partial charge in [0.15, 0.2) is 0 Å². The van der Waals surface area contributed by atoms with Crippen LogP contribution < -0.4 is 10.2 Å². The predicted octanol–water partition coefficient (Wildman–Crippen LogP) is 3.52. The fourth-order valence-corrected chi connectivity index (χ4v) is 1.80. The number of halogens is 3. The standard InChI is InChI=1S/C14H21F3N2/c1-10(2)8-18-9-11-5-6-12(14(15,16)17)7-13(11)19(3)4/h5-7,10,18H,8-9H2,1-4H3. The van der Waals surface area contributed by atoms with Gasteiger partial charge in [0.05, 0.1) is 5.56 Å². The first-order chi connectivity index (χ1) is 8.71. The summed E-state index contributed by atoms with van der Waals surface area (Å²) in [5, 5.41) is 3.25. The summed E-state index contributed by atoms with van der Waals surface area (Å²) in [4.78, 5) is 1.71. The number of rotatable bonds is 5. The maximum Gasteiger partial charge on any atom is 0.416 e. The smallest absolute Gasteiger partial charge is 0.377 e. The molecule has 1 rings (SSSR count). The van der Waals surface area contributed by atoms with Gasteiger partial charge in [0.25, 0.3) is 0 Å². The Hall–Kier alpha value is -1.23. The van der Waals surface area contributed by atoms with Crippen molar-refractivity contribution in [3.63, 3.8) is 0 Å². The molecule has 0 saturated carbocycles. The van der Waals surface area contributed by atoms with Gasteiger partial charge in [-0.05, 0) is 30.2 Å². The lowest BCUT2D eigenvalue weighted by Gasteiger charge is -2.20. The number of hydrogen-bond donors (Lipinski definition) is 1. The fourth-order valence-electron chi connectivity index (χ4n) is 1.80. The van der Waals surface area contributed by atoms with Crippen LogP contribution in [0.3, 0.4) is 0 Å². The quantitative estimate of drug-likeness (QED) is 0.884. The first-order valence-electron chi connectivity index (χ1n) is 6.30. The molecule has 0 bridgehead atoms. The summed E-state index contributed by atoms with van der Waals surface area (Å²) in [6.07, 6.45) is -4.30. The zero-order chi connectivity index (χ0) is 14.6. The van der Waals surface area contributed by atoms with Crippen LogP contribution in [-0.2, 0) is 12.7 Å². The molecule has 0 radical (unpaired) electrons. The highest BCUT2D eigenvalue weighted by atomic mass is 19.4. The maximum atomic E-state index is 12.7. The third-order valence-corrected chi connectivity index (χ3v) is 2.76. The molecule has 0 saturated heterocycles. The molecule has 0 amide bonds. The summed E-state index contributed by atoms with van der Waals surface area (Å²) >= 11 is 0. The van der Waals surface area contributed by atoms with Crippen LogP contribution in [0.4, 0.5) is 18.9 Å². The summed E-state index contributed by atoms with van der Waals surface area (Å²) < 4.78 is 38.1. The average Bonchev–Trinajstić information content (AvgIpc) is 2.27. The zero-order valence-corrected chi connectivity index (χ0v) is 11.8. The lowest BCUT2D eigenvalue weighted by atomic mass is 10.1. The second-order valence-corrected chi connectivity index (χ2v) is 5.26. The molecule has 1 N–H and O–H groups in total. The SMILES string of the molecule is CC(C)CNCc1ccc(C(F)(F)F)cc1N(C)C. The summed E-state index contributed by atoms with van der Waals surface area (Å²) in [6, 6.07) is 3.89. The van der Waals surface area contributed by atoms with Crippen molar-refractivity contribution in [2.45, 2.75) is 26.6 Å². The number of benzene rings is 1. The van der Waals surface area contributed by atoms with Gasteiger partial charge in [0.2, 0.25) is 0 Å². The van der Waals surface area contributed by atoms with Gasteiger partial charge in [-0.1, -0.05) is 19.9 Å². The van der Waals surface area contributed by atoms with Crippen LogP contribution in [0.2, 0.25) is 0 Å². The van der Waals surface area contributed by atoms with E-state index >= 15 is 0 Å². The van der Waals surface area contributed by atoms with Gasteiger partial charge in [0, 0.05) is 26.3 Å². The van der Waals surface area contributed by atoms with E-state index in [0.29, 0.717) is 18.2 Å². The highest BCUT2D eigenvalue weighted by molar-refractivity contribution is 5.55. The Bertz CT molecular complexity index is 412. The molecular weight excluding hydrogens is 253 g/mol. The molecule has 0 aromatic heterocycles. The second kappa shape index (κ2) is 6.28. The summed E-state index contributed by atoms with van der Waals surface area (Å²) in [7, 11) is 3.50. The van der Waals surface area contributed by atoms with Gasteiger partial charge < -0.3 is 10.2 Å². The van der Waals surface area contributed by atoms with Crippen molar-refractivity contribution in [1.29, 1.82) is 0 Å². The maximum absolute atomic E-state index is 12.7. The van der Waals surface area contributed by atoms with Crippen LogP contribution in [0, 0.1) is 5.92 Å². The van der Waals surface area contributed by atoms with E-state index in [1.807, 2.05) is 0 Å². The first-order valence-corrected chi connectivity index (χ1v) is 6.30. The van der Waals surface area contributed by atoms with Crippen molar-refractivity contribution in [2.75, 3.05) is 25.5 Å². The number of nitrogens with zero attached hydrogens (tertiary/aromatic N) is 1. The molecule has 0 fully saturated rings. The molecule has 0 aliphatic carbocycles. The zero-order valence-electron chi connectivity index (χ0n) is 11.8. The highest BCUT2D eigenvalue weighted by Gasteiger charge is 2.31. The Kier molecular flexibility index (Phi) is 5.23. The molecule has 0 aliphatic heterocycles. The van der Waals surface area contributed by atoms with Crippen molar-refractivity contribution in [2.24, 2.45) is 5.92 Å². The largest absolute Gasteiger partial charge is 0.416 e. The minimum absolute atomic E-state index is 0.511. The van der Waals surface area contributed by atoms with Crippen LogP contribution in [0.15, 0.2) is 18.2 Å². The molecule has 5 heteroatoms. The van der Waals surface area contributed by atoms with E-state index in [-0.39, 0.29) is 0 Å². The predicted molar refractivity (Wildman–Crippen MR) is 72.3 cm³/mol. The fraction of sp³-hybridized carbons (Fsp3) is 0.571. The molecule has 0 heterocycles. The minimum atomic E-state index is -4.30. The van der Waals surface area contributed by atoms with Crippen LogP contribution in [0.1, 0.15) is 25.0 Å². The summed E-state index contributed by atoms with van der Waals surface area (Å²) in [6.45, 7) is 5.59. The molecule has 0 atom stereocenters. The van der Waals surface area contributed by atoms with Crippen molar-refractivity contribution < 1.29 is 13.2 Å². The number of alkyl halides is 3. The molecule has 1 aromatic rings. The van der Waals surface area contributed by atoms with E-state index in [1.54, 1.807) is 25.1 Å². The number of anilines is 1. The Morgan fingerprint density at radius 3 is 2.32 bits per heavy atom. The molecule has 0 spiro atoms. The van der Waals surface area contributed by atoms with Crippen LogP contribution in [0.5, 0.6) is 0 Å². The van der Waals surface area contributed by atoms with Gasteiger partial charge in [-0.15, -0.1) is 0 Å². The van der Waals surface area contributed by atoms with Crippen molar-refractivity contribution in [3.05, 3.63) is 29.3 Å². The summed E-state index contributed by atoms with van der Waals surface area (Å²) in [5.74, 6) is 0.511. The lowest BCUT2D eigenvalue weighted by Crippen LogP contribution is -2.21. The van der Waals surface area contributed by atoms with E-state index in [2.05, 4.69) is 19.2 Å². The molecule has 19 heavy (non-hydrogen) atoms. The molecule has 108 valence electrons. The normalized spacial score (nSPS) is 12.0. The van der Waals surface area contributed by atoms with Crippen molar-refractivity contribution in [3.8, 4) is 0 Å². The monoisotopic (exact) mass is 274 g/mol. The molecular formula is C14H21F3N2. The second-order valence-electron chi connectivity index (χ2n) is 5.26. The van der Waals surface area contributed by atoms with Gasteiger partial charge in [-0.25, -0.2) is 0 Å². The first kappa shape index (κ1) is 15.8. The molecule has 0 unspecified atom stereocenters. The number of nitrogens with one attached hydrogen (secondary N) is 1. The van der Waals surface area contributed by atoms with Gasteiger partial charge in [-0.2, -0.15) is 13.2 Å². The average molecular weight is 274 g/mol. The van der Waals surface area contributed by atoms with Gasteiger partial charge in [-0.3, -0.25) is 0 Å². The molecule has 0 aliphatic rings. The van der Waals surface area contributed by atoms with E-state index in [4.69, 9.17) is 0 Å². The van der Waals surface area contributed by atoms with E-state index in [9.17, 15) is 13.2 Å².